The third-order valence-electron chi connectivity index (χ3n) is 1.05. The van der Waals surface area contributed by atoms with E-state index in [1.165, 1.54) is 12.5 Å². The predicted octanol–water partition coefficient (Wildman–Crippen LogP) is 1.27. The molecule has 0 saturated heterocycles. The Bertz CT molecular complexity index is 325. The molecule has 0 fully saturated rings. The molecule has 2 aromatic rings. The molecule has 0 aromatic carbocycles. The molecular formula is C5H2ClN3O. The number of fused-ring (bicyclic) bond motifs is 1. The highest BCUT2D eigenvalue weighted by atomic mass is 35.5. The van der Waals surface area contributed by atoms with Crippen molar-refractivity contribution in [2.75, 3.05) is 0 Å². The molecule has 2 heterocycles. The molecule has 0 N–H and O–H groups in total. The summed E-state index contributed by atoms with van der Waals surface area (Å²) in [7, 11) is 0. The Morgan fingerprint density at radius 1 is 1.50 bits per heavy atom. The first-order chi connectivity index (χ1) is 4.86. The summed E-state index contributed by atoms with van der Waals surface area (Å²) in [4.78, 5) is 11.3. The van der Waals surface area contributed by atoms with Crippen LogP contribution >= 0.6 is 11.6 Å². The van der Waals surface area contributed by atoms with E-state index in [9.17, 15) is 0 Å². The lowest BCUT2D eigenvalue weighted by atomic mass is 10.6. The molecule has 0 spiro atoms. The highest BCUT2D eigenvalue weighted by Gasteiger charge is 2.01. The number of aromatic nitrogens is 3. The van der Waals surface area contributed by atoms with Crippen LogP contribution in [0, 0.1) is 0 Å². The lowest BCUT2D eigenvalue weighted by Gasteiger charge is -1.78. The van der Waals surface area contributed by atoms with Gasteiger partial charge in [-0.1, -0.05) is 0 Å². The molecule has 2 rings (SSSR count). The fraction of sp³-hybridized carbons (Fsp3) is 0. The standard InChI is InChI=1S/C5H2ClN3O/c6-5-9-3-1-7-2-8-4(3)10-5/h1-2H. The van der Waals surface area contributed by atoms with Gasteiger partial charge in [0.2, 0.25) is 0 Å². The zero-order valence-corrected chi connectivity index (χ0v) is 5.54. The minimum atomic E-state index is 0.0931. The molecule has 5 heteroatoms. The van der Waals surface area contributed by atoms with Gasteiger partial charge in [0, 0.05) is 0 Å². The van der Waals surface area contributed by atoms with Gasteiger partial charge >= 0.3 is 0 Å². The summed E-state index contributed by atoms with van der Waals surface area (Å²) in [6.07, 6.45) is 2.92. The highest BCUT2D eigenvalue weighted by molar-refractivity contribution is 6.28. The summed E-state index contributed by atoms with van der Waals surface area (Å²) in [5.74, 6) is 0. The molecule has 10 heavy (non-hydrogen) atoms. The Morgan fingerprint density at radius 3 is 3.20 bits per heavy atom. The summed E-state index contributed by atoms with van der Waals surface area (Å²) in [6, 6.07) is 0. The molecule has 0 radical (unpaired) electrons. The maximum Gasteiger partial charge on any atom is 0.294 e. The van der Waals surface area contributed by atoms with Gasteiger partial charge in [-0.05, 0) is 11.6 Å². The molecule has 0 aliphatic rings. The van der Waals surface area contributed by atoms with Crippen LogP contribution in [0.3, 0.4) is 0 Å². The lowest BCUT2D eigenvalue weighted by Crippen LogP contribution is -1.74. The van der Waals surface area contributed by atoms with Gasteiger partial charge in [0.1, 0.15) is 11.8 Å². The van der Waals surface area contributed by atoms with E-state index in [0.717, 1.165) is 0 Å². The first-order valence-electron chi connectivity index (χ1n) is 2.58. The van der Waals surface area contributed by atoms with Gasteiger partial charge in [0.05, 0.1) is 6.20 Å². The summed E-state index contributed by atoms with van der Waals surface area (Å²) >= 11 is 5.44. The fourth-order valence-corrected chi connectivity index (χ4v) is 0.828. The highest BCUT2D eigenvalue weighted by Crippen LogP contribution is 2.13. The zero-order valence-electron chi connectivity index (χ0n) is 4.78. The summed E-state index contributed by atoms with van der Waals surface area (Å²) in [5.41, 5.74) is 0.993. The minimum Gasteiger partial charge on any atom is -0.408 e. The van der Waals surface area contributed by atoms with Crippen molar-refractivity contribution >= 4 is 22.8 Å². The van der Waals surface area contributed by atoms with Crippen molar-refractivity contribution in [1.82, 2.24) is 15.0 Å². The average molecular weight is 156 g/mol. The van der Waals surface area contributed by atoms with Crippen LogP contribution in [0.2, 0.25) is 5.35 Å². The monoisotopic (exact) mass is 155 g/mol. The maximum atomic E-state index is 5.44. The number of hydrogen-bond donors (Lipinski definition) is 0. The van der Waals surface area contributed by atoms with Crippen LogP contribution in [-0.2, 0) is 0 Å². The van der Waals surface area contributed by atoms with E-state index in [4.69, 9.17) is 16.0 Å². The second kappa shape index (κ2) is 1.91. The Morgan fingerprint density at radius 2 is 2.40 bits per heavy atom. The second-order valence-electron chi connectivity index (χ2n) is 1.68. The van der Waals surface area contributed by atoms with Crippen molar-refractivity contribution in [1.29, 1.82) is 0 Å². The van der Waals surface area contributed by atoms with Crippen LogP contribution in [0.5, 0.6) is 0 Å². The van der Waals surface area contributed by atoms with E-state index in [1.54, 1.807) is 0 Å². The number of oxazole rings is 1. The number of nitrogens with zero attached hydrogens (tertiary/aromatic N) is 3. The molecule has 0 saturated carbocycles. The Labute approximate surface area is 60.9 Å². The largest absolute Gasteiger partial charge is 0.408 e. The minimum absolute atomic E-state index is 0.0931. The first kappa shape index (κ1) is 5.61. The number of hydrogen-bond acceptors (Lipinski definition) is 4. The van der Waals surface area contributed by atoms with Crippen LogP contribution in [0.15, 0.2) is 16.9 Å². The molecule has 0 amide bonds. The Kier molecular flexibility index (Phi) is 1.07. The van der Waals surface area contributed by atoms with E-state index in [2.05, 4.69) is 15.0 Å². The Hall–Kier alpha value is -1.16. The normalized spacial score (nSPS) is 10.5. The van der Waals surface area contributed by atoms with Crippen molar-refractivity contribution < 1.29 is 4.42 Å². The van der Waals surface area contributed by atoms with Crippen LogP contribution in [0.1, 0.15) is 0 Å². The molecule has 0 aliphatic heterocycles. The van der Waals surface area contributed by atoms with Gasteiger partial charge in [-0.2, -0.15) is 9.97 Å². The second-order valence-corrected chi connectivity index (χ2v) is 2.00. The molecule has 0 aliphatic carbocycles. The van der Waals surface area contributed by atoms with Crippen LogP contribution in [0.25, 0.3) is 11.2 Å². The van der Waals surface area contributed by atoms with Gasteiger partial charge in [0.15, 0.2) is 0 Å². The first-order valence-corrected chi connectivity index (χ1v) is 2.96. The topological polar surface area (TPSA) is 51.8 Å². The maximum absolute atomic E-state index is 5.44. The van der Waals surface area contributed by atoms with Gasteiger partial charge < -0.3 is 4.42 Å². The van der Waals surface area contributed by atoms with Gasteiger partial charge in [-0.25, -0.2) is 4.98 Å². The molecule has 0 unspecified atom stereocenters. The van der Waals surface area contributed by atoms with Gasteiger partial charge in [-0.3, -0.25) is 0 Å². The molecular weight excluding hydrogens is 154 g/mol. The van der Waals surface area contributed by atoms with E-state index < -0.39 is 0 Å². The van der Waals surface area contributed by atoms with Gasteiger partial charge in [0.25, 0.3) is 11.1 Å². The van der Waals surface area contributed by atoms with Crippen molar-refractivity contribution in [3.8, 4) is 0 Å². The van der Waals surface area contributed by atoms with Crippen molar-refractivity contribution in [3.63, 3.8) is 0 Å². The van der Waals surface area contributed by atoms with E-state index in [0.29, 0.717) is 11.2 Å². The summed E-state index contributed by atoms with van der Waals surface area (Å²) < 4.78 is 4.87. The van der Waals surface area contributed by atoms with Gasteiger partial charge in [-0.15, -0.1) is 0 Å². The zero-order chi connectivity index (χ0) is 6.97. The summed E-state index contributed by atoms with van der Waals surface area (Å²) in [6.45, 7) is 0. The lowest BCUT2D eigenvalue weighted by molar-refractivity contribution is 0.592. The Balaban J connectivity index is 2.88. The van der Waals surface area contributed by atoms with Crippen LogP contribution < -0.4 is 0 Å². The molecule has 4 nitrogen and oxygen atoms in total. The van der Waals surface area contributed by atoms with Crippen LogP contribution in [0.4, 0.5) is 0 Å². The third kappa shape index (κ3) is 0.733. The molecule has 2 aromatic heterocycles. The quantitative estimate of drug-likeness (QED) is 0.575. The third-order valence-corrected chi connectivity index (χ3v) is 1.21. The smallest absolute Gasteiger partial charge is 0.294 e. The van der Waals surface area contributed by atoms with Crippen molar-refractivity contribution in [2.45, 2.75) is 0 Å². The molecule has 0 atom stereocenters. The van der Waals surface area contributed by atoms with E-state index >= 15 is 0 Å². The molecule has 50 valence electrons. The van der Waals surface area contributed by atoms with E-state index in [-0.39, 0.29) is 5.35 Å². The molecule has 0 bridgehead atoms. The summed E-state index contributed by atoms with van der Waals surface area (Å²) in [5, 5.41) is 0.0931. The van der Waals surface area contributed by atoms with Crippen LogP contribution in [-0.4, -0.2) is 15.0 Å². The number of rotatable bonds is 0. The SMILES string of the molecule is Clc1nc2cncnc2o1. The average Bonchev–Trinajstić information content (AvgIpc) is 2.27. The van der Waals surface area contributed by atoms with Crippen molar-refractivity contribution in [2.24, 2.45) is 0 Å². The predicted molar refractivity (Wildman–Crippen MR) is 34.6 cm³/mol. The van der Waals surface area contributed by atoms with E-state index in [1.807, 2.05) is 0 Å². The van der Waals surface area contributed by atoms with Crippen molar-refractivity contribution in [3.05, 3.63) is 17.9 Å². The number of halogens is 1. The fourth-order valence-electron chi connectivity index (χ4n) is 0.664.